The van der Waals surface area contributed by atoms with Crippen LogP contribution in [0.2, 0.25) is 0 Å². The molecule has 20 heavy (non-hydrogen) atoms. The van der Waals surface area contributed by atoms with E-state index in [1.54, 1.807) is 18.3 Å². The van der Waals surface area contributed by atoms with Crippen LogP contribution in [0.1, 0.15) is 12.5 Å². The molecular weight excluding hydrogens is 256 g/mol. The third-order valence-electron chi connectivity index (χ3n) is 3.00. The monoisotopic (exact) mass is 270 g/mol. The van der Waals surface area contributed by atoms with E-state index in [2.05, 4.69) is 4.98 Å². The summed E-state index contributed by atoms with van der Waals surface area (Å²) < 4.78 is 16.5. The number of hydrogen-bond donors (Lipinski definition) is 1. The van der Waals surface area contributed by atoms with Gasteiger partial charge in [-0.25, -0.2) is 4.98 Å². The van der Waals surface area contributed by atoms with E-state index in [1.807, 2.05) is 31.2 Å². The number of nitrogens with zero attached hydrogens (tertiary/aromatic N) is 1. The van der Waals surface area contributed by atoms with E-state index < -0.39 is 5.79 Å². The Hall–Kier alpha value is -2.69. The first-order valence-electron chi connectivity index (χ1n) is 6.16. The summed E-state index contributed by atoms with van der Waals surface area (Å²) in [5.41, 5.74) is 7.08. The highest BCUT2D eigenvalue weighted by molar-refractivity contribution is 5.38. The predicted octanol–water partition coefficient (Wildman–Crippen LogP) is 3.15. The van der Waals surface area contributed by atoms with Gasteiger partial charge in [0.2, 0.25) is 5.88 Å². The molecule has 0 saturated carbocycles. The van der Waals surface area contributed by atoms with Crippen molar-refractivity contribution in [2.45, 2.75) is 12.7 Å². The second kappa shape index (κ2) is 4.77. The maximum absolute atomic E-state index is 5.62. The zero-order chi connectivity index (χ0) is 14.0. The van der Waals surface area contributed by atoms with Crippen LogP contribution in [0, 0.1) is 0 Å². The molecule has 3 rings (SSSR count). The van der Waals surface area contributed by atoms with Gasteiger partial charge in [0.15, 0.2) is 0 Å². The lowest BCUT2D eigenvalue weighted by atomic mass is 10.1. The van der Waals surface area contributed by atoms with Gasteiger partial charge in [-0.3, -0.25) is 0 Å². The Morgan fingerprint density at radius 2 is 1.75 bits per heavy atom. The summed E-state index contributed by atoms with van der Waals surface area (Å²) in [4.78, 5) is 4.08. The van der Waals surface area contributed by atoms with Gasteiger partial charge in [-0.15, -0.1) is 0 Å². The topological polar surface area (TPSA) is 66.6 Å². The van der Waals surface area contributed by atoms with Crippen LogP contribution in [0.4, 0.5) is 5.69 Å². The summed E-state index contributed by atoms with van der Waals surface area (Å²) >= 11 is 0. The normalized spacial score (nSPS) is 15.4. The summed E-state index contributed by atoms with van der Waals surface area (Å²) in [6.07, 6.45) is 4.61. The van der Waals surface area contributed by atoms with Crippen LogP contribution in [0.25, 0.3) is 0 Å². The largest absolute Gasteiger partial charge is 0.453 e. The van der Waals surface area contributed by atoms with Gasteiger partial charge in [0.25, 0.3) is 5.79 Å². The summed E-state index contributed by atoms with van der Waals surface area (Å²) in [5.74, 6) is 0.409. The van der Waals surface area contributed by atoms with Crippen molar-refractivity contribution in [2.24, 2.45) is 0 Å². The van der Waals surface area contributed by atoms with E-state index in [1.165, 1.54) is 12.5 Å². The van der Waals surface area contributed by atoms with E-state index >= 15 is 0 Å². The lowest BCUT2D eigenvalue weighted by molar-refractivity contribution is -0.133. The summed E-state index contributed by atoms with van der Waals surface area (Å²) in [7, 11) is 0. The number of ether oxygens (including phenoxy) is 3. The SMILES string of the molecule is CC1(c2ccc(Oc3ccc(N)cn3)cc2)OC=CO1. The predicted molar refractivity (Wildman–Crippen MR) is 73.8 cm³/mol. The Morgan fingerprint density at radius 3 is 2.35 bits per heavy atom. The molecule has 5 heteroatoms. The molecule has 1 aliphatic rings. The fraction of sp³-hybridized carbons (Fsp3) is 0.133. The number of rotatable bonds is 3. The third kappa shape index (κ3) is 2.38. The van der Waals surface area contributed by atoms with Gasteiger partial charge in [0.1, 0.15) is 18.3 Å². The Balaban J connectivity index is 1.74. The van der Waals surface area contributed by atoms with E-state index in [0.29, 0.717) is 17.3 Å². The molecule has 1 aromatic carbocycles. The molecule has 5 nitrogen and oxygen atoms in total. The highest BCUT2D eigenvalue weighted by Gasteiger charge is 2.31. The van der Waals surface area contributed by atoms with Crippen LogP contribution in [0.5, 0.6) is 11.6 Å². The lowest BCUT2D eigenvalue weighted by Gasteiger charge is -2.23. The van der Waals surface area contributed by atoms with Crippen molar-refractivity contribution in [1.82, 2.24) is 4.98 Å². The fourth-order valence-corrected chi connectivity index (χ4v) is 1.88. The molecular formula is C15H14N2O3. The van der Waals surface area contributed by atoms with Crippen molar-refractivity contribution < 1.29 is 14.2 Å². The molecule has 102 valence electrons. The van der Waals surface area contributed by atoms with Gasteiger partial charge in [-0.05, 0) is 30.3 Å². The maximum atomic E-state index is 5.62. The van der Waals surface area contributed by atoms with E-state index in [-0.39, 0.29) is 0 Å². The molecule has 0 fully saturated rings. The Morgan fingerprint density at radius 1 is 1.05 bits per heavy atom. The van der Waals surface area contributed by atoms with Crippen LogP contribution < -0.4 is 10.5 Å². The van der Waals surface area contributed by atoms with Crippen LogP contribution in [-0.2, 0) is 15.3 Å². The van der Waals surface area contributed by atoms with Crippen LogP contribution in [0.15, 0.2) is 55.1 Å². The first kappa shape index (κ1) is 12.3. The zero-order valence-corrected chi connectivity index (χ0v) is 10.9. The third-order valence-corrected chi connectivity index (χ3v) is 3.00. The second-order valence-electron chi connectivity index (χ2n) is 4.51. The minimum Gasteiger partial charge on any atom is -0.453 e. The first-order valence-corrected chi connectivity index (χ1v) is 6.16. The molecule has 1 aliphatic heterocycles. The zero-order valence-electron chi connectivity index (χ0n) is 10.9. The van der Waals surface area contributed by atoms with Gasteiger partial charge < -0.3 is 19.9 Å². The van der Waals surface area contributed by atoms with Crippen molar-refractivity contribution in [3.8, 4) is 11.6 Å². The van der Waals surface area contributed by atoms with Gasteiger partial charge in [0.05, 0.1) is 11.9 Å². The van der Waals surface area contributed by atoms with Gasteiger partial charge in [-0.2, -0.15) is 0 Å². The highest BCUT2D eigenvalue weighted by atomic mass is 16.7. The molecule has 0 unspecified atom stereocenters. The Kier molecular flexibility index (Phi) is 2.95. The standard InChI is InChI=1S/C15H14N2O3/c1-15(18-8-9-19-15)11-2-5-13(6-3-11)20-14-7-4-12(16)10-17-14/h2-10H,16H2,1H3. The molecule has 0 bridgehead atoms. The minimum atomic E-state index is -0.766. The molecule has 0 amide bonds. The van der Waals surface area contributed by atoms with Crippen molar-refractivity contribution in [1.29, 1.82) is 0 Å². The second-order valence-corrected chi connectivity index (χ2v) is 4.51. The molecule has 0 saturated heterocycles. The molecule has 2 aromatic rings. The van der Waals surface area contributed by atoms with Crippen LogP contribution >= 0.6 is 0 Å². The summed E-state index contributed by atoms with van der Waals surface area (Å²) in [6.45, 7) is 1.85. The van der Waals surface area contributed by atoms with Gasteiger partial charge in [-0.1, -0.05) is 0 Å². The average molecular weight is 270 g/mol. The van der Waals surface area contributed by atoms with Crippen molar-refractivity contribution in [3.05, 3.63) is 60.7 Å². The van der Waals surface area contributed by atoms with Gasteiger partial charge >= 0.3 is 0 Å². The van der Waals surface area contributed by atoms with Crippen molar-refractivity contribution in [2.75, 3.05) is 5.73 Å². The Bertz CT molecular complexity index is 613. The highest BCUT2D eigenvalue weighted by Crippen LogP contribution is 2.32. The van der Waals surface area contributed by atoms with Crippen LogP contribution in [-0.4, -0.2) is 4.98 Å². The van der Waals surface area contributed by atoms with E-state index in [9.17, 15) is 0 Å². The molecule has 1 aromatic heterocycles. The number of benzene rings is 1. The summed E-state index contributed by atoms with van der Waals surface area (Å²) in [6, 6.07) is 10.9. The number of nitrogen functional groups attached to an aromatic ring is 1. The smallest absolute Gasteiger partial charge is 0.273 e. The molecule has 2 N–H and O–H groups in total. The Labute approximate surface area is 116 Å². The van der Waals surface area contributed by atoms with Crippen molar-refractivity contribution >= 4 is 5.69 Å². The fourth-order valence-electron chi connectivity index (χ4n) is 1.88. The van der Waals surface area contributed by atoms with Crippen molar-refractivity contribution in [3.63, 3.8) is 0 Å². The average Bonchev–Trinajstić information content (AvgIpc) is 2.90. The molecule has 0 radical (unpaired) electrons. The van der Waals surface area contributed by atoms with E-state index in [4.69, 9.17) is 19.9 Å². The molecule has 0 aliphatic carbocycles. The van der Waals surface area contributed by atoms with Crippen LogP contribution in [0.3, 0.4) is 0 Å². The molecule has 0 atom stereocenters. The first-order chi connectivity index (χ1) is 9.66. The summed E-state index contributed by atoms with van der Waals surface area (Å²) in [5, 5.41) is 0. The molecule has 0 spiro atoms. The number of hydrogen-bond acceptors (Lipinski definition) is 5. The number of aromatic nitrogens is 1. The quantitative estimate of drug-likeness (QED) is 0.928. The number of nitrogens with two attached hydrogens (primary N) is 1. The maximum Gasteiger partial charge on any atom is 0.273 e. The number of anilines is 1. The lowest BCUT2D eigenvalue weighted by Crippen LogP contribution is -2.21. The van der Waals surface area contributed by atoms with Gasteiger partial charge in [0, 0.05) is 18.6 Å². The molecule has 2 heterocycles. The van der Waals surface area contributed by atoms with E-state index in [0.717, 1.165) is 5.56 Å². The minimum absolute atomic E-state index is 0.494. The number of pyridine rings is 1.